The number of hydrogen-bond acceptors (Lipinski definition) is 2. The van der Waals surface area contributed by atoms with E-state index in [0.717, 1.165) is 24.2 Å². The van der Waals surface area contributed by atoms with E-state index in [1.165, 1.54) is 18.2 Å². The summed E-state index contributed by atoms with van der Waals surface area (Å²) in [5.41, 5.74) is 8.32. The van der Waals surface area contributed by atoms with E-state index in [9.17, 15) is 8.78 Å². The minimum absolute atomic E-state index is 0.265. The van der Waals surface area contributed by atoms with Gasteiger partial charge in [0.05, 0.1) is 6.04 Å². The molecule has 1 aliphatic heterocycles. The zero-order valence-corrected chi connectivity index (χ0v) is 11.0. The van der Waals surface area contributed by atoms with Crippen LogP contribution in [-0.2, 0) is 6.42 Å². The monoisotopic (exact) mass is 274 g/mol. The van der Waals surface area contributed by atoms with Crippen molar-refractivity contribution in [3.63, 3.8) is 0 Å². The van der Waals surface area contributed by atoms with Crippen LogP contribution in [0.25, 0.3) is 0 Å². The maximum atomic E-state index is 14.0. The van der Waals surface area contributed by atoms with Crippen molar-refractivity contribution in [2.45, 2.75) is 12.5 Å². The van der Waals surface area contributed by atoms with Crippen LogP contribution in [0.5, 0.6) is 0 Å². The summed E-state index contributed by atoms with van der Waals surface area (Å²) in [7, 11) is 0. The van der Waals surface area contributed by atoms with Crippen LogP contribution in [0.15, 0.2) is 42.5 Å². The Kier molecular flexibility index (Phi) is 3.40. The van der Waals surface area contributed by atoms with Gasteiger partial charge in [0.1, 0.15) is 11.6 Å². The number of nitrogens with two attached hydrogens (primary N) is 1. The minimum Gasteiger partial charge on any atom is -0.362 e. The van der Waals surface area contributed by atoms with Crippen molar-refractivity contribution in [3.05, 3.63) is 65.2 Å². The summed E-state index contributed by atoms with van der Waals surface area (Å²) in [6.45, 7) is 1.02. The number of halogens is 2. The molecule has 0 bridgehead atoms. The topological polar surface area (TPSA) is 29.3 Å². The van der Waals surface area contributed by atoms with Gasteiger partial charge in [-0.25, -0.2) is 8.78 Å². The summed E-state index contributed by atoms with van der Waals surface area (Å²) < 4.78 is 27.4. The normalized spacial score (nSPS) is 15.2. The van der Waals surface area contributed by atoms with Gasteiger partial charge in [-0.05, 0) is 30.2 Å². The smallest absolute Gasteiger partial charge is 0.128 e. The fourth-order valence-corrected chi connectivity index (χ4v) is 2.87. The molecule has 0 radical (unpaired) electrons. The van der Waals surface area contributed by atoms with Gasteiger partial charge >= 0.3 is 0 Å². The molecule has 104 valence electrons. The van der Waals surface area contributed by atoms with Crippen LogP contribution < -0.4 is 10.6 Å². The zero-order valence-electron chi connectivity index (χ0n) is 11.0. The Bertz CT molecular complexity index is 628. The Morgan fingerprint density at radius 3 is 2.70 bits per heavy atom. The van der Waals surface area contributed by atoms with E-state index in [1.807, 2.05) is 4.90 Å². The Labute approximate surface area is 116 Å². The predicted molar refractivity (Wildman–Crippen MR) is 75.6 cm³/mol. The van der Waals surface area contributed by atoms with Crippen LogP contribution in [0.2, 0.25) is 0 Å². The Morgan fingerprint density at radius 2 is 1.95 bits per heavy atom. The van der Waals surface area contributed by atoms with Gasteiger partial charge in [-0.3, -0.25) is 0 Å². The maximum absolute atomic E-state index is 14.0. The molecule has 2 nitrogen and oxygen atoms in total. The van der Waals surface area contributed by atoms with E-state index in [4.69, 9.17) is 5.73 Å². The second-order valence-electron chi connectivity index (χ2n) is 4.99. The molecule has 20 heavy (non-hydrogen) atoms. The molecule has 1 atom stereocenters. The van der Waals surface area contributed by atoms with E-state index >= 15 is 0 Å². The standard InChI is InChI=1S/C16H16F2N2/c17-12-6-5-11-7-8-20(15(11)9-12)16(10-19)13-3-1-2-4-14(13)18/h1-6,9,16H,7-8,10,19H2. The first kappa shape index (κ1) is 13.1. The van der Waals surface area contributed by atoms with Crippen LogP contribution in [0.3, 0.4) is 0 Å². The van der Waals surface area contributed by atoms with Crippen LogP contribution in [0.4, 0.5) is 14.5 Å². The van der Waals surface area contributed by atoms with Crippen LogP contribution in [-0.4, -0.2) is 13.1 Å². The van der Waals surface area contributed by atoms with E-state index in [2.05, 4.69) is 0 Å². The minimum atomic E-state index is -0.278. The van der Waals surface area contributed by atoms with Gasteiger partial charge in [-0.1, -0.05) is 24.3 Å². The highest BCUT2D eigenvalue weighted by atomic mass is 19.1. The lowest BCUT2D eigenvalue weighted by molar-refractivity contribution is 0.563. The second kappa shape index (κ2) is 5.21. The fraction of sp³-hybridized carbons (Fsp3) is 0.250. The second-order valence-corrected chi connectivity index (χ2v) is 4.99. The molecule has 1 heterocycles. The highest BCUT2D eigenvalue weighted by Crippen LogP contribution is 2.35. The van der Waals surface area contributed by atoms with Crippen LogP contribution in [0, 0.1) is 11.6 Å². The van der Waals surface area contributed by atoms with E-state index in [0.29, 0.717) is 5.56 Å². The molecule has 3 rings (SSSR count). The molecule has 0 fully saturated rings. The molecule has 0 spiro atoms. The van der Waals surface area contributed by atoms with E-state index < -0.39 is 0 Å². The first-order valence-corrected chi connectivity index (χ1v) is 6.70. The molecule has 0 saturated carbocycles. The van der Waals surface area contributed by atoms with Gasteiger partial charge in [0.15, 0.2) is 0 Å². The molecular formula is C16H16F2N2. The Morgan fingerprint density at radius 1 is 1.15 bits per heavy atom. The van der Waals surface area contributed by atoms with Crippen molar-refractivity contribution in [2.24, 2.45) is 5.73 Å². The van der Waals surface area contributed by atoms with E-state index in [-0.39, 0.29) is 24.2 Å². The molecule has 2 N–H and O–H groups in total. The van der Waals surface area contributed by atoms with Crippen molar-refractivity contribution in [3.8, 4) is 0 Å². The van der Waals surface area contributed by atoms with Crippen molar-refractivity contribution in [1.29, 1.82) is 0 Å². The molecule has 0 aromatic heterocycles. The quantitative estimate of drug-likeness (QED) is 0.932. The van der Waals surface area contributed by atoms with Crippen LogP contribution >= 0.6 is 0 Å². The molecule has 2 aromatic carbocycles. The average Bonchev–Trinajstić information content (AvgIpc) is 2.85. The van der Waals surface area contributed by atoms with Crippen molar-refractivity contribution >= 4 is 5.69 Å². The first-order valence-electron chi connectivity index (χ1n) is 6.70. The summed E-state index contributed by atoms with van der Waals surface area (Å²) in [6, 6.07) is 11.1. The lowest BCUT2D eigenvalue weighted by Gasteiger charge is -2.30. The predicted octanol–water partition coefficient (Wildman–Crippen LogP) is 3.03. The first-order chi connectivity index (χ1) is 9.70. The summed E-state index contributed by atoms with van der Waals surface area (Å²) in [6.07, 6.45) is 0.834. The lowest BCUT2D eigenvalue weighted by Crippen LogP contribution is -2.33. The van der Waals surface area contributed by atoms with Gasteiger partial charge in [-0.2, -0.15) is 0 Å². The molecule has 4 heteroatoms. The molecule has 0 amide bonds. The van der Waals surface area contributed by atoms with Gasteiger partial charge in [0.25, 0.3) is 0 Å². The van der Waals surface area contributed by atoms with Crippen LogP contribution in [0.1, 0.15) is 17.2 Å². The largest absolute Gasteiger partial charge is 0.362 e. The van der Waals surface area contributed by atoms with Crippen molar-refractivity contribution in [2.75, 3.05) is 18.0 Å². The van der Waals surface area contributed by atoms with Gasteiger partial charge < -0.3 is 10.6 Å². The third kappa shape index (κ3) is 2.16. The highest BCUT2D eigenvalue weighted by Gasteiger charge is 2.28. The maximum Gasteiger partial charge on any atom is 0.128 e. The Hall–Kier alpha value is -1.94. The molecule has 1 aliphatic rings. The highest BCUT2D eigenvalue weighted by molar-refractivity contribution is 5.60. The summed E-state index contributed by atoms with van der Waals surface area (Å²) in [4.78, 5) is 2.00. The number of rotatable bonds is 3. The summed E-state index contributed by atoms with van der Waals surface area (Å²) in [5, 5.41) is 0. The summed E-state index contributed by atoms with van der Waals surface area (Å²) >= 11 is 0. The lowest BCUT2D eigenvalue weighted by atomic mass is 10.0. The number of benzene rings is 2. The van der Waals surface area contributed by atoms with Crippen molar-refractivity contribution < 1.29 is 8.78 Å². The average molecular weight is 274 g/mol. The number of hydrogen-bond donors (Lipinski definition) is 1. The molecular weight excluding hydrogens is 258 g/mol. The zero-order chi connectivity index (χ0) is 14.1. The number of nitrogens with zero attached hydrogens (tertiary/aromatic N) is 1. The van der Waals surface area contributed by atoms with Crippen molar-refractivity contribution in [1.82, 2.24) is 0 Å². The van der Waals surface area contributed by atoms with Gasteiger partial charge in [0.2, 0.25) is 0 Å². The summed E-state index contributed by atoms with van der Waals surface area (Å²) in [5.74, 6) is -0.548. The number of fused-ring (bicyclic) bond motifs is 1. The van der Waals surface area contributed by atoms with E-state index in [1.54, 1.807) is 24.3 Å². The third-order valence-electron chi connectivity index (χ3n) is 3.84. The third-order valence-corrected chi connectivity index (χ3v) is 3.84. The fourth-order valence-electron chi connectivity index (χ4n) is 2.87. The number of anilines is 1. The Balaban J connectivity index is 2.01. The molecule has 0 saturated heterocycles. The molecule has 1 unspecified atom stereocenters. The molecule has 0 aliphatic carbocycles. The molecule has 2 aromatic rings. The van der Waals surface area contributed by atoms with Gasteiger partial charge in [0, 0.05) is 24.3 Å². The SMILES string of the molecule is NCC(c1ccccc1F)N1CCc2ccc(F)cc21. The van der Waals surface area contributed by atoms with Gasteiger partial charge in [-0.15, -0.1) is 0 Å².